The Balaban J connectivity index is 1.55. The van der Waals surface area contributed by atoms with Crippen molar-refractivity contribution in [2.45, 2.75) is 39.3 Å². The third kappa shape index (κ3) is 5.09. The second kappa shape index (κ2) is 8.73. The Morgan fingerprint density at radius 2 is 1.73 bits per heavy atom. The summed E-state index contributed by atoms with van der Waals surface area (Å²) in [5.41, 5.74) is 2.36. The van der Waals surface area contributed by atoms with Crippen molar-refractivity contribution in [2.75, 3.05) is 6.54 Å². The highest BCUT2D eigenvalue weighted by Crippen LogP contribution is 2.29. The van der Waals surface area contributed by atoms with Crippen molar-refractivity contribution >= 4 is 16.9 Å². The summed E-state index contributed by atoms with van der Waals surface area (Å²) in [4.78, 5) is 24.4. The van der Waals surface area contributed by atoms with Gasteiger partial charge in [0.25, 0.3) is 0 Å². The van der Waals surface area contributed by atoms with E-state index in [9.17, 15) is 22.8 Å². The summed E-state index contributed by atoms with van der Waals surface area (Å²) in [7, 11) is 0. The molecule has 0 aliphatic carbocycles. The van der Waals surface area contributed by atoms with Gasteiger partial charge in [-0.3, -0.25) is 4.79 Å². The van der Waals surface area contributed by atoms with Crippen LogP contribution < -0.4 is 10.9 Å². The quantitative estimate of drug-likeness (QED) is 0.591. The maximum Gasteiger partial charge on any atom is 0.416 e. The SMILES string of the molecule is Cc1ccc2c(C)c(CCC(=O)NCCc3ccc(C(F)(F)F)cc3)c(=O)oc2c1. The van der Waals surface area contributed by atoms with Crippen LogP contribution in [0.3, 0.4) is 0 Å². The number of carbonyl (C=O) groups is 1. The van der Waals surface area contributed by atoms with Gasteiger partial charge in [-0.1, -0.05) is 24.3 Å². The first-order chi connectivity index (χ1) is 14.1. The lowest BCUT2D eigenvalue weighted by atomic mass is 10.0. The van der Waals surface area contributed by atoms with E-state index in [0.29, 0.717) is 29.7 Å². The average Bonchev–Trinajstić information content (AvgIpc) is 2.67. The lowest BCUT2D eigenvalue weighted by Crippen LogP contribution is -2.26. The predicted octanol–water partition coefficient (Wildman–Crippen LogP) is 4.72. The smallest absolute Gasteiger partial charge is 0.416 e. The molecule has 1 amide bonds. The van der Waals surface area contributed by atoms with Crippen LogP contribution >= 0.6 is 0 Å². The Morgan fingerprint density at radius 3 is 2.40 bits per heavy atom. The fourth-order valence-electron chi connectivity index (χ4n) is 3.32. The molecule has 2 aromatic carbocycles. The molecule has 0 atom stereocenters. The predicted molar refractivity (Wildman–Crippen MR) is 108 cm³/mol. The number of rotatable bonds is 6. The van der Waals surface area contributed by atoms with E-state index in [2.05, 4.69) is 5.32 Å². The number of fused-ring (bicyclic) bond motifs is 1. The Bertz CT molecular complexity index is 1120. The van der Waals surface area contributed by atoms with Crippen molar-refractivity contribution < 1.29 is 22.4 Å². The molecule has 4 nitrogen and oxygen atoms in total. The molecule has 3 aromatic rings. The van der Waals surface area contributed by atoms with Gasteiger partial charge < -0.3 is 9.73 Å². The van der Waals surface area contributed by atoms with Crippen LogP contribution in [-0.4, -0.2) is 12.5 Å². The molecule has 1 N–H and O–H groups in total. The van der Waals surface area contributed by atoms with E-state index < -0.39 is 17.4 Å². The molecule has 30 heavy (non-hydrogen) atoms. The topological polar surface area (TPSA) is 59.3 Å². The first-order valence-corrected chi connectivity index (χ1v) is 9.61. The van der Waals surface area contributed by atoms with Gasteiger partial charge in [0.1, 0.15) is 5.58 Å². The summed E-state index contributed by atoms with van der Waals surface area (Å²) in [5.74, 6) is -0.232. The maximum atomic E-state index is 12.6. The number of hydrogen-bond donors (Lipinski definition) is 1. The van der Waals surface area contributed by atoms with Crippen LogP contribution in [0, 0.1) is 13.8 Å². The minimum atomic E-state index is -4.36. The van der Waals surface area contributed by atoms with Gasteiger partial charge in [0.2, 0.25) is 5.91 Å². The van der Waals surface area contributed by atoms with Crippen molar-refractivity contribution in [1.82, 2.24) is 5.32 Å². The number of benzene rings is 2. The molecule has 0 aliphatic rings. The van der Waals surface area contributed by atoms with Crippen LogP contribution in [0.5, 0.6) is 0 Å². The van der Waals surface area contributed by atoms with Gasteiger partial charge in [0.05, 0.1) is 5.56 Å². The molecule has 158 valence electrons. The van der Waals surface area contributed by atoms with Crippen LogP contribution in [0.15, 0.2) is 51.7 Å². The van der Waals surface area contributed by atoms with Crippen molar-refractivity contribution in [1.29, 1.82) is 0 Å². The Kier molecular flexibility index (Phi) is 6.29. The number of aryl methyl sites for hydroxylation is 2. The first kappa shape index (κ1) is 21.6. The molecule has 7 heteroatoms. The van der Waals surface area contributed by atoms with E-state index in [1.165, 1.54) is 12.1 Å². The number of halogens is 3. The normalized spacial score (nSPS) is 11.6. The van der Waals surface area contributed by atoms with Gasteiger partial charge in [-0.2, -0.15) is 13.2 Å². The number of carbonyl (C=O) groups excluding carboxylic acids is 1. The Morgan fingerprint density at radius 1 is 1.03 bits per heavy atom. The second-order valence-electron chi connectivity index (χ2n) is 7.29. The van der Waals surface area contributed by atoms with E-state index >= 15 is 0 Å². The Labute approximate surface area is 171 Å². The van der Waals surface area contributed by atoms with E-state index in [-0.39, 0.29) is 18.7 Å². The maximum absolute atomic E-state index is 12.6. The summed E-state index contributed by atoms with van der Waals surface area (Å²) in [5, 5.41) is 3.58. The zero-order valence-electron chi connectivity index (χ0n) is 16.7. The molecule has 0 saturated carbocycles. The molecule has 0 unspecified atom stereocenters. The lowest BCUT2D eigenvalue weighted by Gasteiger charge is -2.10. The van der Waals surface area contributed by atoms with Gasteiger partial charge in [0, 0.05) is 23.9 Å². The van der Waals surface area contributed by atoms with Crippen molar-refractivity contribution in [3.05, 3.63) is 80.7 Å². The molecule has 0 bridgehead atoms. The zero-order valence-corrected chi connectivity index (χ0v) is 16.7. The minimum absolute atomic E-state index is 0.121. The van der Waals surface area contributed by atoms with Crippen LogP contribution in [0.25, 0.3) is 11.0 Å². The molecule has 1 heterocycles. The second-order valence-corrected chi connectivity index (χ2v) is 7.29. The van der Waals surface area contributed by atoms with Gasteiger partial charge in [-0.15, -0.1) is 0 Å². The molecule has 0 aliphatic heterocycles. The molecule has 1 aromatic heterocycles. The van der Waals surface area contributed by atoms with Gasteiger partial charge >= 0.3 is 11.8 Å². The average molecular weight is 417 g/mol. The van der Waals surface area contributed by atoms with Crippen molar-refractivity contribution in [3.63, 3.8) is 0 Å². The van der Waals surface area contributed by atoms with Crippen molar-refractivity contribution in [2.24, 2.45) is 0 Å². The highest BCUT2D eigenvalue weighted by Gasteiger charge is 2.29. The van der Waals surface area contributed by atoms with E-state index in [1.54, 1.807) is 0 Å². The number of amides is 1. The van der Waals surface area contributed by atoms with Gasteiger partial charge in [0.15, 0.2) is 0 Å². The largest absolute Gasteiger partial charge is 0.423 e. The molecule has 0 saturated heterocycles. The standard InChI is InChI=1S/C23H22F3NO3/c1-14-3-8-18-15(2)19(22(29)30-20(18)13-14)9-10-21(28)27-12-11-16-4-6-17(7-5-16)23(24,25)26/h3-8,13H,9-12H2,1-2H3,(H,27,28). The Hall–Kier alpha value is -3.09. The zero-order chi connectivity index (χ0) is 21.9. The third-order valence-corrected chi connectivity index (χ3v) is 5.06. The number of nitrogens with one attached hydrogen (secondary N) is 1. The van der Waals surface area contributed by atoms with E-state index in [4.69, 9.17) is 4.42 Å². The number of hydrogen-bond acceptors (Lipinski definition) is 3. The molecule has 3 rings (SSSR count). The van der Waals surface area contributed by atoms with Gasteiger partial charge in [-0.05, 0) is 61.6 Å². The lowest BCUT2D eigenvalue weighted by molar-refractivity contribution is -0.137. The molecule has 0 radical (unpaired) electrons. The van der Waals surface area contributed by atoms with Crippen LogP contribution in [0.4, 0.5) is 13.2 Å². The van der Waals surface area contributed by atoms with Crippen LogP contribution in [0.1, 0.15) is 34.2 Å². The molecular formula is C23H22F3NO3. The summed E-state index contributed by atoms with van der Waals surface area (Å²) in [6.07, 6.45) is -3.57. The summed E-state index contributed by atoms with van der Waals surface area (Å²) >= 11 is 0. The monoisotopic (exact) mass is 417 g/mol. The number of alkyl halides is 3. The fraction of sp³-hybridized carbons (Fsp3) is 0.304. The molecular weight excluding hydrogens is 395 g/mol. The highest BCUT2D eigenvalue weighted by molar-refractivity contribution is 5.82. The van der Waals surface area contributed by atoms with E-state index in [1.807, 2.05) is 32.0 Å². The summed E-state index contributed by atoms with van der Waals surface area (Å²) in [6, 6.07) is 10.5. The summed E-state index contributed by atoms with van der Waals surface area (Å²) < 4.78 is 43.1. The third-order valence-electron chi connectivity index (χ3n) is 5.06. The van der Waals surface area contributed by atoms with Crippen LogP contribution in [0.2, 0.25) is 0 Å². The van der Waals surface area contributed by atoms with Crippen LogP contribution in [-0.2, 0) is 23.8 Å². The van der Waals surface area contributed by atoms with E-state index in [0.717, 1.165) is 28.6 Å². The van der Waals surface area contributed by atoms with Gasteiger partial charge in [-0.25, -0.2) is 4.79 Å². The highest BCUT2D eigenvalue weighted by atomic mass is 19.4. The first-order valence-electron chi connectivity index (χ1n) is 9.61. The summed E-state index contributed by atoms with van der Waals surface area (Å²) in [6.45, 7) is 4.05. The minimum Gasteiger partial charge on any atom is -0.423 e. The van der Waals surface area contributed by atoms with Crippen molar-refractivity contribution in [3.8, 4) is 0 Å². The molecule has 0 fully saturated rings. The molecule has 0 spiro atoms. The fourth-order valence-corrected chi connectivity index (χ4v) is 3.32.